The molecule has 0 aliphatic heterocycles. The van der Waals surface area contributed by atoms with E-state index in [1.54, 1.807) is 14.2 Å². The van der Waals surface area contributed by atoms with Crippen molar-refractivity contribution >= 4 is 0 Å². The van der Waals surface area contributed by atoms with Crippen molar-refractivity contribution in [3.8, 4) is 5.75 Å². The molecule has 0 aliphatic rings. The van der Waals surface area contributed by atoms with Gasteiger partial charge in [-0.05, 0) is 18.6 Å². The molecule has 0 saturated carbocycles. The van der Waals surface area contributed by atoms with Crippen LogP contribution < -0.4 is 4.74 Å². The van der Waals surface area contributed by atoms with Gasteiger partial charge in [0.05, 0.1) is 7.11 Å². The summed E-state index contributed by atoms with van der Waals surface area (Å²) in [5.74, 6) is 0.852. The van der Waals surface area contributed by atoms with Gasteiger partial charge in [-0.1, -0.05) is 48.0 Å². The van der Waals surface area contributed by atoms with Gasteiger partial charge in [0.1, 0.15) is 11.9 Å². The van der Waals surface area contributed by atoms with Gasteiger partial charge in [0.25, 0.3) is 0 Å². The average Bonchev–Trinajstić information content (AvgIpc) is 2.42. The minimum absolute atomic E-state index is 0.0956. The maximum Gasteiger partial charge on any atom is 0.125 e. The van der Waals surface area contributed by atoms with Crippen molar-refractivity contribution in [3.63, 3.8) is 0 Å². The number of hydrogen-bond acceptors (Lipinski definition) is 2. The summed E-state index contributed by atoms with van der Waals surface area (Å²) in [6.45, 7) is 2.08. The molecule has 0 heterocycles. The lowest BCUT2D eigenvalue weighted by Crippen LogP contribution is -2.05. The normalized spacial score (nSPS) is 12.2. The van der Waals surface area contributed by atoms with Crippen LogP contribution in [-0.2, 0) is 4.74 Å². The van der Waals surface area contributed by atoms with Crippen LogP contribution in [0.5, 0.6) is 5.75 Å². The monoisotopic (exact) mass is 242 g/mol. The van der Waals surface area contributed by atoms with Crippen LogP contribution in [0, 0.1) is 6.92 Å². The van der Waals surface area contributed by atoms with Crippen molar-refractivity contribution in [2.75, 3.05) is 14.2 Å². The van der Waals surface area contributed by atoms with E-state index in [1.807, 2.05) is 24.3 Å². The zero-order valence-electron chi connectivity index (χ0n) is 11.0. The number of rotatable bonds is 4. The van der Waals surface area contributed by atoms with E-state index in [0.717, 1.165) is 16.9 Å². The highest BCUT2D eigenvalue weighted by Gasteiger charge is 2.16. The van der Waals surface area contributed by atoms with Crippen LogP contribution in [0.4, 0.5) is 0 Å². The van der Waals surface area contributed by atoms with Crippen molar-refractivity contribution < 1.29 is 9.47 Å². The summed E-state index contributed by atoms with van der Waals surface area (Å²) in [6.07, 6.45) is -0.0956. The van der Waals surface area contributed by atoms with E-state index in [4.69, 9.17) is 9.47 Å². The molecule has 2 rings (SSSR count). The number of ether oxygens (including phenoxy) is 2. The molecule has 2 aromatic carbocycles. The molecule has 0 aromatic heterocycles. The third-order valence-corrected chi connectivity index (χ3v) is 3.04. The van der Waals surface area contributed by atoms with Crippen molar-refractivity contribution in [2.24, 2.45) is 0 Å². The summed E-state index contributed by atoms with van der Waals surface area (Å²) in [5, 5.41) is 0. The minimum atomic E-state index is -0.0956. The Morgan fingerprint density at radius 2 is 1.56 bits per heavy atom. The maximum atomic E-state index is 5.62. The van der Waals surface area contributed by atoms with E-state index in [1.165, 1.54) is 5.56 Å². The fraction of sp³-hybridized carbons (Fsp3) is 0.250. The van der Waals surface area contributed by atoms with E-state index >= 15 is 0 Å². The Hall–Kier alpha value is -1.80. The molecule has 0 N–H and O–H groups in total. The van der Waals surface area contributed by atoms with Gasteiger partial charge in [-0.25, -0.2) is 0 Å². The Bertz CT molecular complexity index is 503. The second kappa shape index (κ2) is 5.69. The smallest absolute Gasteiger partial charge is 0.125 e. The topological polar surface area (TPSA) is 18.5 Å². The van der Waals surface area contributed by atoms with Gasteiger partial charge >= 0.3 is 0 Å². The Morgan fingerprint density at radius 3 is 2.17 bits per heavy atom. The maximum absolute atomic E-state index is 5.62. The van der Waals surface area contributed by atoms with Crippen LogP contribution in [0.25, 0.3) is 0 Å². The molecule has 2 aromatic rings. The highest BCUT2D eigenvalue weighted by Crippen LogP contribution is 2.32. The molecule has 18 heavy (non-hydrogen) atoms. The molecule has 0 bridgehead atoms. The highest BCUT2D eigenvalue weighted by molar-refractivity contribution is 5.40. The van der Waals surface area contributed by atoms with Crippen molar-refractivity contribution in [2.45, 2.75) is 13.0 Å². The first-order valence-electron chi connectivity index (χ1n) is 5.98. The van der Waals surface area contributed by atoms with Gasteiger partial charge in [0, 0.05) is 12.7 Å². The fourth-order valence-electron chi connectivity index (χ4n) is 2.07. The van der Waals surface area contributed by atoms with Crippen LogP contribution in [-0.4, -0.2) is 14.2 Å². The molecule has 0 spiro atoms. The van der Waals surface area contributed by atoms with Crippen LogP contribution >= 0.6 is 0 Å². The first kappa shape index (κ1) is 12.7. The number of methoxy groups -OCH3 is 2. The van der Waals surface area contributed by atoms with Gasteiger partial charge in [-0.15, -0.1) is 0 Å². The second-order valence-electron chi connectivity index (χ2n) is 4.27. The number of para-hydroxylation sites is 1. The summed E-state index contributed by atoms with van der Waals surface area (Å²) in [7, 11) is 3.40. The Kier molecular flexibility index (Phi) is 4.00. The summed E-state index contributed by atoms with van der Waals surface area (Å²) in [6, 6.07) is 16.3. The molecule has 0 fully saturated rings. The molecule has 1 atom stereocenters. The average molecular weight is 242 g/mol. The summed E-state index contributed by atoms with van der Waals surface area (Å²) >= 11 is 0. The third kappa shape index (κ3) is 2.54. The van der Waals surface area contributed by atoms with Crippen molar-refractivity contribution in [3.05, 3.63) is 65.2 Å². The van der Waals surface area contributed by atoms with E-state index in [2.05, 4.69) is 31.2 Å². The summed E-state index contributed by atoms with van der Waals surface area (Å²) in [4.78, 5) is 0. The van der Waals surface area contributed by atoms with E-state index in [-0.39, 0.29) is 6.10 Å². The lowest BCUT2D eigenvalue weighted by Gasteiger charge is -2.19. The Labute approximate surface area is 108 Å². The highest BCUT2D eigenvalue weighted by atomic mass is 16.5. The largest absolute Gasteiger partial charge is 0.496 e. The molecule has 1 unspecified atom stereocenters. The second-order valence-corrected chi connectivity index (χ2v) is 4.27. The predicted molar refractivity (Wildman–Crippen MR) is 73.0 cm³/mol. The fourth-order valence-corrected chi connectivity index (χ4v) is 2.07. The summed E-state index contributed by atoms with van der Waals surface area (Å²) in [5.41, 5.74) is 3.42. The van der Waals surface area contributed by atoms with E-state index in [0.29, 0.717) is 0 Å². The molecular formula is C16H18O2. The third-order valence-electron chi connectivity index (χ3n) is 3.04. The standard InChI is InChI=1S/C16H18O2/c1-12-8-10-13(11-9-12)16(18-3)14-6-4-5-7-15(14)17-2/h4-11,16H,1-3H3. The first-order valence-corrected chi connectivity index (χ1v) is 5.98. The van der Waals surface area contributed by atoms with Gasteiger partial charge in [0.15, 0.2) is 0 Å². The van der Waals surface area contributed by atoms with E-state index in [9.17, 15) is 0 Å². The molecule has 2 heteroatoms. The Morgan fingerprint density at radius 1 is 0.889 bits per heavy atom. The number of aryl methyl sites for hydroxylation is 1. The molecule has 0 saturated heterocycles. The van der Waals surface area contributed by atoms with Crippen molar-refractivity contribution in [1.82, 2.24) is 0 Å². The van der Waals surface area contributed by atoms with E-state index < -0.39 is 0 Å². The van der Waals surface area contributed by atoms with Crippen LogP contribution in [0.3, 0.4) is 0 Å². The van der Waals surface area contributed by atoms with Crippen LogP contribution in [0.15, 0.2) is 48.5 Å². The summed E-state index contributed by atoms with van der Waals surface area (Å²) < 4.78 is 11.0. The van der Waals surface area contributed by atoms with Crippen LogP contribution in [0.2, 0.25) is 0 Å². The zero-order chi connectivity index (χ0) is 13.0. The lowest BCUT2D eigenvalue weighted by atomic mass is 9.99. The van der Waals surface area contributed by atoms with Gasteiger partial charge in [0.2, 0.25) is 0 Å². The SMILES string of the molecule is COc1ccccc1C(OC)c1ccc(C)cc1. The molecule has 2 nitrogen and oxygen atoms in total. The predicted octanol–water partition coefficient (Wildman–Crippen LogP) is 3.74. The van der Waals surface area contributed by atoms with Crippen LogP contribution in [0.1, 0.15) is 22.8 Å². The molecule has 0 amide bonds. The number of hydrogen-bond donors (Lipinski definition) is 0. The van der Waals surface area contributed by atoms with Gasteiger partial charge in [-0.2, -0.15) is 0 Å². The molecule has 94 valence electrons. The number of benzene rings is 2. The molecule has 0 aliphatic carbocycles. The minimum Gasteiger partial charge on any atom is -0.496 e. The Balaban J connectivity index is 2.41. The lowest BCUT2D eigenvalue weighted by molar-refractivity contribution is 0.133. The zero-order valence-corrected chi connectivity index (χ0v) is 11.0. The van der Waals surface area contributed by atoms with Gasteiger partial charge < -0.3 is 9.47 Å². The van der Waals surface area contributed by atoms with Gasteiger partial charge in [-0.3, -0.25) is 0 Å². The quantitative estimate of drug-likeness (QED) is 0.813. The molecular weight excluding hydrogens is 224 g/mol. The van der Waals surface area contributed by atoms with Crippen molar-refractivity contribution in [1.29, 1.82) is 0 Å². The first-order chi connectivity index (χ1) is 8.76. The molecule has 0 radical (unpaired) electrons.